The van der Waals surface area contributed by atoms with Crippen molar-refractivity contribution in [2.45, 2.75) is 34.6 Å². The standard InChI is InChI=1S/C29H30N2O4/c1-7-35-24-14-12-23(13-15-24)31-21(5)27(29(33)34-6)25(28(31)32)17-22-16-19(3)30(20(22)4)26-11-9-8-10-18(26)2/h8-17H,7H2,1-6H3/b25-17-. The van der Waals surface area contributed by atoms with Gasteiger partial charge in [-0.2, -0.15) is 0 Å². The molecule has 180 valence electrons. The molecule has 0 radical (unpaired) electrons. The first-order chi connectivity index (χ1) is 16.8. The highest BCUT2D eigenvalue weighted by Crippen LogP contribution is 2.37. The van der Waals surface area contributed by atoms with Crippen LogP contribution in [0.3, 0.4) is 0 Å². The summed E-state index contributed by atoms with van der Waals surface area (Å²) >= 11 is 0. The molecule has 0 atom stereocenters. The number of carbonyl (C=O) groups excluding carboxylic acids is 2. The summed E-state index contributed by atoms with van der Waals surface area (Å²) in [5.74, 6) is -0.0897. The molecule has 3 aromatic rings. The molecule has 1 aliphatic heterocycles. The van der Waals surface area contributed by atoms with Gasteiger partial charge in [0.25, 0.3) is 5.91 Å². The van der Waals surface area contributed by atoms with Crippen LogP contribution in [0.4, 0.5) is 5.69 Å². The second-order valence-corrected chi connectivity index (χ2v) is 8.53. The summed E-state index contributed by atoms with van der Waals surface area (Å²) in [5, 5.41) is 0. The molecule has 35 heavy (non-hydrogen) atoms. The SMILES string of the molecule is CCOc1ccc(N2C(=O)/C(=C\c3cc(C)n(-c4ccccc4C)c3C)C(C(=O)OC)=C2C)cc1. The molecular weight excluding hydrogens is 440 g/mol. The number of allylic oxidation sites excluding steroid dienone is 1. The number of methoxy groups -OCH3 is 1. The zero-order valence-electron chi connectivity index (χ0n) is 21.0. The Morgan fingerprint density at radius 1 is 1.00 bits per heavy atom. The molecule has 0 fully saturated rings. The molecule has 1 aromatic heterocycles. The molecule has 0 saturated carbocycles. The number of carbonyl (C=O) groups is 2. The Labute approximate surface area is 206 Å². The van der Waals surface area contributed by atoms with E-state index in [9.17, 15) is 9.59 Å². The van der Waals surface area contributed by atoms with E-state index in [0.717, 1.165) is 34.0 Å². The van der Waals surface area contributed by atoms with Gasteiger partial charge >= 0.3 is 5.97 Å². The van der Waals surface area contributed by atoms with E-state index in [1.54, 1.807) is 17.9 Å². The highest BCUT2D eigenvalue weighted by atomic mass is 16.5. The summed E-state index contributed by atoms with van der Waals surface area (Å²) in [6, 6.07) is 17.5. The van der Waals surface area contributed by atoms with Crippen molar-refractivity contribution in [2.24, 2.45) is 0 Å². The number of benzene rings is 2. The van der Waals surface area contributed by atoms with Crippen LogP contribution in [-0.2, 0) is 14.3 Å². The molecule has 1 aliphatic rings. The molecule has 6 nitrogen and oxygen atoms in total. The van der Waals surface area contributed by atoms with Gasteiger partial charge in [0, 0.05) is 28.5 Å². The Kier molecular flexibility index (Phi) is 6.65. The number of anilines is 1. The summed E-state index contributed by atoms with van der Waals surface area (Å²) in [6.07, 6.45) is 1.80. The van der Waals surface area contributed by atoms with Gasteiger partial charge < -0.3 is 14.0 Å². The fourth-order valence-corrected chi connectivity index (χ4v) is 4.62. The van der Waals surface area contributed by atoms with Gasteiger partial charge in [-0.05, 0) is 88.2 Å². The van der Waals surface area contributed by atoms with E-state index in [2.05, 4.69) is 23.6 Å². The van der Waals surface area contributed by atoms with Crippen molar-refractivity contribution in [1.82, 2.24) is 4.57 Å². The molecular formula is C29H30N2O4. The number of aryl methyl sites for hydroxylation is 2. The summed E-state index contributed by atoms with van der Waals surface area (Å²) in [6.45, 7) is 10.4. The van der Waals surface area contributed by atoms with Crippen LogP contribution in [-0.4, -0.2) is 30.2 Å². The molecule has 1 amide bonds. The van der Waals surface area contributed by atoms with Gasteiger partial charge in [-0.25, -0.2) is 4.79 Å². The summed E-state index contributed by atoms with van der Waals surface area (Å²) < 4.78 is 12.7. The van der Waals surface area contributed by atoms with Gasteiger partial charge in [0.05, 0.1) is 24.9 Å². The summed E-state index contributed by atoms with van der Waals surface area (Å²) in [4.78, 5) is 28.0. The van der Waals surface area contributed by atoms with E-state index >= 15 is 0 Å². The van der Waals surface area contributed by atoms with Crippen LogP contribution in [0.15, 0.2) is 71.4 Å². The van der Waals surface area contributed by atoms with E-state index in [1.165, 1.54) is 7.11 Å². The van der Waals surface area contributed by atoms with Gasteiger partial charge in [-0.3, -0.25) is 9.69 Å². The van der Waals surface area contributed by atoms with Crippen LogP contribution < -0.4 is 9.64 Å². The topological polar surface area (TPSA) is 60.8 Å². The molecule has 4 rings (SSSR count). The Balaban J connectivity index is 1.81. The monoisotopic (exact) mass is 470 g/mol. The fraction of sp³-hybridized carbons (Fsp3) is 0.241. The zero-order chi connectivity index (χ0) is 25.3. The first-order valence-electron chi connectivity index (χ1n) is 11.6. The number of hydrogen-bond donors (Lipinski definition) is 0. The lowest BCUT2D eigenvalue weighted by atomic mass is 10.0. The number of ether oxygens (including phenoxy) is 2. The third-order valence-electron chi connectivity index (χ3n) is 6.32. The smallest absolute Gasteiger partial charge is 0.340 e. The number of para-hydroxylation sites is 1. The van der Waals surface area contributed by atoms with Crippen molar-refractivity contribution in [3.63, 3.8) is 0 Å². The molecule has 2 heterocycles. The maximum Gasteiger partial charge on any atom is 0.340 e. The van der Waals surface area contributed by atoms with E-state index < -0.39 is 5.97 Å². The number of aromatic nitrogens is 1. The number of esters is 1. The number of hydrogen-bond acceptors (Lipinski definition) is 4. The third kappa shape index (κ3) is 4.28. The summed E-state index contributed by atoms with van der Waals surface area (Å²) in [7, 11) is 1.33. The minimum absolute atomic E-state index is 0.270. The highest BCUT2D eigenvalue weighted by Gasteiger charge is 2.38. The van der Waals surface area contributed by atoms with Gasteiger partial charge in [0.2, 0.25) is 0 Å². The zero-order valence-corrected chi connectivity index (χ0v) is 21.0. The molecule has 0 aliphatic carbocycles. The molecule has 0 bridgehead atoms. The van der Waals surface area contributed by atoms with Crippen molar-refractivity contribution in [2.75, 3.05) is 18.6 Å². The molecule has 6 heteroatoms. The minimum Gasteiger partial charge on any atom is -0.494 e. The number of rotatable bonds is 6. The Morgan fingerprint density at radius 3 is 2.31 bits per heavy atom. The van der Waals surface area contributed by atoms with Crippen LogP contribution in [0.2, 0.25) is 0 Å². The van der Waals surface area contributed by atoms with Crippen molar-refractivity contribution in [3.8, 4) is 11.4 Å². The van der Waals surface area contributed by atoms with Crippen LogP contribution in [0.25, 0.3) is 11.8 Å². The van der Waals surface area contributed by atoms with Crippen LogP contribution >= 0.6 is 0 Å². The maximum atomic E-state index is 13.7. The summed E-state index contributed by atoms with van der Waals surface area (Å²) in [5.41, 5.74) is 6.91. The van der Waals surface area contributed by atoms with Gasteiger partial charge in [-0.15, -0.1) is 0 Å². The van der Waals surface area contributed by atoms with Crippen molar-refractivity contribution < 1.29 is 19.1 Å². The lowest BCUT2D eigenvalue weighted by Crippen LogP contribution is -2.24. The third-order valence-corrected chi connectivity index (χ3v) is 6.32. The van der Waals surface area contributed by atoms with Crippen molar-refractivity contribution in [3.05, 3.63) is 94.0 Å². The first-order valence-corrected chi connectivity index (χ1v) is 11.6. The predicted molar refractivity (Wildman–Crippen MR) is 138 cm³/mol. The van der Waals surface area contributed by atoms with E-state index in [1.807, 2.05) is 63.2 Å². The largest absolute Gasteiger partial charge is 0.494 e. The molecule has 0 N–H and O–H groups in total. The molecule has 2 aromatic carbocycles. The predicted octanol–water partition coefficient (Wildman–Crippen LogP) is 5.68. The van der Waals surface area contributed by atoms with Crippen molar-refractivity contribution in [1.29, 1.82) is 0 Å². The van der Waals surface area contributed by atoms with Crippen LogP contribution in [0, 0.1) is 20.8 Å². The second kappa shape index (κ2) is 9.66. The van der Waals surface area contributed by atoms with Crippen molar-refractivity contribution >= 4 is 23.6 Å². The van der Waals surface area contributed by atoms with E-state index in [-0.39, 0.29) is 11.5 Å². The molecule has 0 saturated heterocycles. The van der Waals surface area contributed by atoms with Crippen LogP contribution in [0.5, 0.6) is 5.75 Å². The maximum absolute atomic E-state index is 13.7. The average Bonchev–Trinajstić information content (AvgIpc) is 3.26. The normalized spacial score (nSPS) is 14.7. The lowest BCUT2D eigenvalue weighted by Gasteiger charge is -2.18. The second-order valence-electron chi connectivity index (χ2n) is 8.53. The Morgan fingerprint density at radius 2 is 1.69 bits per heavy atom. The number of amides is 1. The van der Waals surface area contributed by atoms with Gasteiger partial charge in [0.15, 0.2) is 0 Å². The Bertz CT molecular complexity index is 1360. The van der Waals surface area contributed by atoms with E-state index in [4.69, 9.17) is 9.47 Å². The molecule has 0 spiro atoms. The fourth-order valence-electron chi connectivity index (χ4n) is 4.62. The van der Waals surface area contributed by atoms with Gasteiger partial charge in [0.1, 0.15) is 5.75 Å². The molecule has 0 unspecified atom stereocenters. The first kappa shape index (κ1) is 24.1. The Hall–Kier alpha value is -4.06. The van der Waals surface area contributed by atoms with E-state index in [0.29, 0.717) is 23.6 Å². The van der Waals surface area contributed by atoms with Crippen LogP contribution in [0.1, 0.15) is 36.4 Å². The quantitative estimate of drug-likeness (QED) is 0.344. The lowest BCUT2D eigenvalue weighted by molar-refractivity contribution is -0.136. The highest BCUT2D eigenvalue weighted by molar-refractivity contribution is 6.23. The number of nitrogens with zero attached hydrogens (tertiary/aromatic N) is 2. The minimum atomic E-state index is -0.539. The average molecular weight is 471 g/mol. The van der Waals surface area contributed by atoms with Gasteiger partial charge in [-0.1, -0.05) is 18.2 Å².